The van der Waals surface area contributed by atoms with Gasteiger partial charge in [-0.1, -0.05) is 6.92 Å². The highest BCUT2D eigenvalue weighted by molar-refractivity contribution is 7.99. The van der Waals surface area contributed by atoms with Crippen molar-refractivity contribution in [1.82, 2.24) is 14.5 Å². The fourth-order valence-electron chi connectivity index (χ4n) is 3.13. The third-order valence-electron chi connectivity index (χ3n) is 3.99. The molecule has 0 bridgehead atoms. The number of thioether (sulfide) groups is 1. The van der Waals surface area contributed by atoms with Gasteiger partial charge < -0.3 is 4.57 Å². The summed E-state index contributed by atoms with van der Waals surface area (Å²) in [6.07, 6.45) is 3.71. The highest BCUT2D eigenvalue weighted by atomic mass is 35.5. The fraction of sp³-hybridized carbons (Fsp3) is 0.600. The molecule has 0 saturated heterocycles. The highest BCUT2D eigenvalue weighted by Gasteiger charge is 2.29. The number of fused-ring (bicyclic) bond motifs is 1. The van der Waals surface area contributed by atoms with Crippen LogP contribution in [0.25, 0.3) is 11.2 Å². The summed E-state index contributed by atoms with van der Waals surface area (Å²) in [7, 11) is 0. The third-order valence-corrected chi connectivity index (χ3v) is 5.47. The third kappa shape index (κ3) is 2.56. The number of rotatable bonds is 4. The van der Waals surface area contributed by atoms with Gasteiger partial charge in [-0.05, 0) is 44.1 Å². The zero-order valence-electron chi connectivity index (χ0n) is 12.0. The first-order chi connectivity index (χ1) is 9.72. The van der Waals surface area contributed by atoms with E-state index in [9.17, 15) is 0 Å². The summed E-state index contributed by atoms with van der Waals surface area (Å²) in [6.45, 7) is 4.27. The topological polar surface area (TPSA) is 30.7 Å². The molecule has 0 aliphatic heterocycles. The number of alkyl halides is 1. The number of halogens is 1. The van der Waals surface area contributed by atoms with Gasteiger partial charge in [0.2, 0.25) is 0 Å². The predicted molar refractivity (Wildman–Crippen MR) is 86.6 cm³/mol. The molecule has 20 heavy (non-hydrogen) atoms. The number of imidazole rings is 1. The van der Waals surface area contributed by atoms with Crippen LogP contribution in [0.2, 0.25) is 0 Å². The summed E-state index contributed by atoms with van der Waals surface area (Å²) in [6, 6.07) is 4.58. The molecule has 0 amide bonds. The summed E-state index contributed by atoms with van der Waals surface area (Å²) in [4.78, 5) is 9.34. The lowest BCUT2D eigenvalue weighted by molar-refractivity contribution is 0.516. The Bertz CT molecular complexity index is 610. The lowest BCUT2D eigenvalue weighted by Crippen LogP contribution is -2.10. The van der Waals surface area contributed by atoms with Gasteiger partial charge in [0.1, 0.15) is 11.3 Å². The molecular formula is C15H20ClN3S. The maximum Gasteiger partial charge on any atom is 0.160 e. The van der Waals surface area contributed by atoms with Gasteiger partial charge in [0.05, 0.1) is 5.88 Å². The van der Waals surface area contributed by atoms with Gasteiger partial charge in [0.25, 0.3) is 0 Å². The number of nitrogens with zero attached hydrogens (tertiary/aromatic N) is 3. The van der Waals surface area contributed by atoms with Crippen molar-refractivity contribution < 1.29 is 0 Å². The molecule has 0 radical (unpaired) electrons. The number of aryl methyl sites for hydroxylation is 1. The SMILES string of the molecule is CCSC1CCC(n2c(CCl)nc3ccc(C)nc32)C1. The van der Waals surface area contributed by atoms with Gasteiger partial charge in [0.15, 0.2) is 5.65 Å². The molecule has 2 unspecified atom stereocenters. The Hall–Kier alpha value is -0.740. The van der Waals surface area contributed by atoms with Crippen LogP contribution >= 0.6 is 23.4 Å². The van der Waals surface area contributed by atoms with E-state index in [1.807, 2.05) is 13.0 Å². The first kappa shape index (κ1) is 14.2. The Balaban J connectivity index is 1.99. The lowest BCUT2D eigenvalue weighted by atomic mass is 10.2. The van der Waals surface area contributed by atoms with Crippen molar-refractivity contribution in [3.05, 3.63) is 23.7 Å². The molecule has 1 aliphatic rings. The quantitative estimate of drug-likeness (QED) is 0.788. The van der Waals surface area contributed by atoms with Crippen molar-refractivity contribution in [1.29, 1.82) is 0 Å². The van der Waals surface area contributed by atoms with E-state index in [1.165, 1.54) is 25.0 Å². The summed E-state index contributed by atoms with van der Waals surface area (Å²) >= 11 is 8.18. The normalized spacial score (nSPS) is 22.8. The van der Waals surface area contributed by atoms with Crippen LogP contribution in [0.1, 0.15) is 43.7 Å². The molecule has 2 aromatic heterocycles. The largest absolute Gasteiger partial charge is 0.309 e. The standard InChI is InChI=1S/C15H20ClN3S/c1-3-20-12-6-5-11(8-12)19-14(9-16)18-13-7-4-10(2)17-15(13)19/h4,7,11-12H,3,5-6,8-9H2,1-2H3. The van der Waals surface area contributed by atoms with Crippen molar-refractivity contribution in [2.24, 2.45) is 0 Å². The predicted octanol–water partition coefficient (Wildman–Crippen LogP) is 4.33. The number of aromatic nitrogens is 3. The van der Waals surface area contributed by atoms with E-state index in [1.54, 1.807) is 0 Å². The second-order valence-electron chi connectivity index (χ2n) is 5.37. The Morgan fingerprint density at radius 3 is 2.95 bits per heavy atom. The minimum absolute atomic E-state index is 0.456. The Morgan fingerprint density at radius 1 is 1.35 bits per heavy atom. The summed E-state index contributed by atoms with van der Waals surface area (Å²) < 4.78 is 2.30. The summed E-state index contributed by atoms with van der Waals surface area (Å²) in [5.41, 5.74) is 3.02. The van der Waals surface area contributed by atoms with Crippen LogP contribution in [0.3, 0.4) is 0 Å². The van der Waals surface area contributed by atoms with Crippen molar-refractivity contribution in [2.75, 3.05) is 5.75 Å². The van der Waals surface area contributed by atoms with Crippen LogP contribution in [0.4, 0.5) is 0 Å². The fourth-order valence-corrected chi connectivity index (χ4v) is 4.45. The second-order valence-corrected chi connectivity index (χ2v) is 7.22. The van der Waals surface area contributed by atoms with Crippen molar-refractivity contribution in [3.63, 3.8) is 0 Å². The minimum atomic E-state index is 0.456. The number of hydrogen-bond donors (Lipinski definition) is 0. The van der Waals surface area contributed by atoms with Crippen LogP contribution in [0.5, 0.6) is 0 Å². The first-order valence-corrected chi connectivity index (χ1v) is 8.83. The van der Waals surface area contributed by atoms with E-state index >= 15 is 0 Å². The van der Waals surface area contributed by atoms with Crippen LogP contribution in [0, 0.1) is 6.92 Å². The monoisotopic (exact) mass is 309 g/mol. The molecule has 0 N–H and O–H groups in total. The lowest BCUT2D eigenvalue weighted by Gasteiger charge is -2.15. The zero-order valence-corrected chi connectivity index (χ0v) is 13.5. The molecule has 1 fully saturated rings. The van der Waals surface area contributed by atoms with Crippen LogP contribution in [0.15, 0.2) is 12.1 Å². The number of hydrogen-bond acceptors (Lipinski definition) is 3. The van der Waals surface area contributed by atoms with Crippen LogP contribution in [-0.4, -0.2) is 25.5 Å². The average molecular weight is 310 g/mol. The van der Waals surface area contributed by atoms with Gasteiger partial charge >= 0.3 is 0 Å². The second kappa shape index (κ2) is 5.94. The molecule has 0 aromatic carbocycles. The van der Waals surface area contributed by atoms with Gasteiger partial charge in [-0.25, -0.2) is 9.97 Å². The first-order valence-electron chi connectivity index (χ1n) is 7.25. The van der Waals surface area contributed by atoms with E-state index in [0.717, 1.165) is 27.9 Å². The Morgan fingerprint density at radius 2 is 2.20 bits per heavy atom. The molecule has 0 spiro atoms. The van der Waals surface area contributed by atoms with Crippen LogP contribution in [-0.2, 0) is 5.88 Å². The molecule has 108 valence electrons. The maximum atomic E-state index is 6.10. The Kier molecular flexibility index (Phi) is 4.22. The molecule has 3 rings (SSSR count). The molecule has 3 nitrogen and oxygen atoms in total. The zero-order chi connectivity index (χ0) is 14.1. The van der Waals surface area contributed by atoms with Crippen molar-refractivity contribution in [2.45, 2.75) is 50.3 Å². The van der Waals surface area contributed by atoms with Crippen LogP contribution < -0.4 is 0 Å². The van der Waals surface area contributed by atoms with Crippen molar-refractivity contribution in [3.8, 4) is 0 Å². The van der Waals surface area contributed by atoms with Gasteiger partial charge in [-0.3, -0.25) is 0 Å². The van der Waals surface area contributed by atoms with Crippen molar-refractivity contribution >= 4 is 34.5 Å². The molecule has 1 saturated carbocycles. The summed E-state index contributed by atoms with van der Waals surface area (Å²) in [5.74, 6) is 2.62. The molecule has 2 atom stereocenters. The van der Waals surface area contributed by atoms with Gasteiger partial charge in [-0.2, -0.15) is 11.8 Å². The highest BCUT2D eigenvalue weighted by Crippen LogP contribution is 2.39. The average Bonchev–Trinajstić information content (AvgIpc) is 3.02. The maximum absolute atomic E-state index is 6.10. The molecule has 1 aliphatic carbocycles. The molecule has 2 heterocycles. The van der Waals surface area contributed by atoms with Gasteiger partial charge in [-0.15, -0.1) is 11.6 Å². The van der Waals surface area contributed by atoms with E-state index in [0.29, 0.717) is 11.9 Å². The molecule has 2 aromatic rings. The minimum Gasteiger partial charge on any atom is -0.309 e. The van der Waals surface area contributed by atoms with E-state index in [-0.39, 0.29) is 0 Å². The molecular weight excluding hydrogens is 290 g/mol. The van der Waals surface area contributed by atoms with E-state index in [4.69, 9.17) is 16.6 Å². The van der Waals surface area contributed by atoms with Gasteiger partial charge in [0, 0.05) is 17.0 Å². The number of pyridine rings is 1. The van der Waals surface area contributed by atoms with E-state index < -0.39 is 0 Å². The molecule has 5 heteroatoms. The summed E-state index contributed by atoms with van der Waals surface area (Å²) in [5, 5.41) is 0.774. The smallest absolute Gasteiger partial charge is 0.160 e. The Labute approximate surface area is 129 Å². The van der Waals surface area contributed by atoms with E-state index in [2.05, 4.69) is 34.3 Å².